The summed E-state index contributed by atoms with van der Waals surface area (Å²) in [7, 11) is 0. The fourth-order valence-electron chi connectivity index (χ4n) is 3.01. The first-order valence-corrected chi connectivity index (χ1v) is 8.30. The predicted molar refractivity (Wildman–Crippen MR) is 97.8 cm³/mol. The lowest BCUT2D eigenvalue weighted by Gasteiger charge is -2.05. The molecule has 132 valence electrons. The minimum absolute atomic E-state index is 0.0283. The van der Waals surface area contributed by atoms with Gasteiger partial charge in [0.15, 0.2) is 11.5 Å². The van der Waals surface area contributed by atoms with Crippen LogP contribution in [0.5, 0.6) is 11.5 Å². The van der Waals surface area contributed by atoms with E-state index >= 15 is 0 Å². The molecule has 1 amide bonds. The number of carbonyl (C=O) groups is 1. The molecule has 5 rings (SSSR count). The molecule has 0 unspecified atom stereocenters. The smallest absolute Gasteiger partial charge is 0.322 e. The van der Waals surface area contributed by atoms with Crippen molar-refractivity contribution in [2.24, 2.45) is 0 Å². The first kappa shape index (κ1) is 15.4. The lowest BCUT2D eigenvalue weighted by Crippen LogP contribution is -2.12. The van der Waals surface area contributed by atoms with Gasteiger partial charge in [0.2, 0.25) is 12.7 Å². The SMILES string of the molecule is O=C(Nc1nnc(-c2ccc3c(c2)OCO3)o1)c1cccc2ccccc12. The second-order valence-corrected chi connectivity index (χ2v) is 5.96. The van der Waals surface area contributed by atoms with Crippen molar-refractivity contribution in [3.63, 3.8) is 0 Å². The van der Waals surface area contributed by atoms with Crippen LogP contribution in [-0.4, -0.2) is 22.9 Å². The van der Waals surface area contributed by atoms with Crippen molar-refractivity contribution >= 4 is 22.7 Å². The fraction of sp³-hybridized carbons (Fsp3) is 0.0500. The van der Waals surface area contributed by atoms with E-state index in [9.17, 15) is 4.79 Å². The highest BCUT2D eigenvalue weighted by atomic mass is 16.7. The Morgan fingerprint density at radius 2 is 1.78 bits per heavy atom. The highest BCUT2D eigenvalue weighted by Gasteiger charge is 2.18. The second kappa shape index (κ2) is 6.14. The molecule has 7 nitrogen and oxygen atoms in total. The van der Waals surface area contributed by atoms with Gasteiger partial charge in [0.1, 0.15) is 0 Å². The molecule has 4 aromatic rings. The molecule has 1 N–H and O–H groups in total. The highest BCUT2D eigenvalue weighted by Crippen LogP contribution is 2.35. The summed E-state index contributed by atoms with van der Waals surface area (Å²) in [6.07, 6.45) is 0. The van der Waals surface area contributed by atoms with Crippen LogP contribution in [-0.2, 0) is 0 Å². The van der Waals surface area contributed by atoms with Crippen LogP contribution >= 0.6 is 0 Å². The van der Waals surface area contributed by atoms with Crippen molar-refractivity contribution in [1.29, 1.82) is 0 Å². The number of fused-ring (bicyclic) bond motifs is 2. The van der Waals surface area contributed by atoms with Crippen molar-refractivity contribution in [2.45, 2.75) is 0 Å². The predicted octanol–water partition coefficient (Wildman–Crippen LogP) is 3.87. The molecule has 1 aromatic heterocycles. The maximum Gasteiger partial charge on any atom is 0.322 e. The Balaban J connectivity index is 1.41. The van der Waals surface area contributed by atoms with E-state index in [2.05, 4.69) is 15.5 Å². The summed E-state index contributed by atoms with van der Waals surface area (Å²) in [6, 6.07) is 18.6. The summed E-state index contributed by atoms with van der Waals surface area (Å²) in [4.78, 5) is 12.7. The van der Waals surface area contributed by atoms with Crippen LogP contribution in [0.25, 0.3) is 22.2 Å². The number of rotatable bonds is 3. The zero-order chi connectivity index (χ0) is 18.2. The first-order valence-electron chi connectivity index (χ1n) is 8.30. The summed E-state index contributed by atoms with van der Waals surface area (Å²) >= 11 is 0. The van der Waals surface area contributed by atoms with Crippen LogP contribution < -0.4 is 14.8 Å². The molecule has 27 heavy (non-hydrogen) atoms. The van der Waals surface area contributed by atoms with E-state index in [-0.39, 0.29) is 24.6 Å². The van der Waals surface area contributed by atoms with Gasteiger partial charge in [-0.05, 0) is 35.0 Å². The molecule has 3 aromatic carbocycles. The van der Waals surface area contributed by atoms with Crippen LogP contribution in [0, 0.1) is 0 Å². The molecule has 1 aliphatic heterocycles. The van der Waals surface area contributed by atoms with E-state index in [1.807, 2.05) is 36.4 Å². The number of benzene rings is 3. The highest BCUT2D eigenvalue weighted by molar-refractivity contribution is 6.12. The standard InChI is InChI=1S/C20H13N3O4/c24-18(15-7-3-5-12-4-1-2-6-14(12)15)21-20-23-22-19(27-20)13-8-9-16-17(10-13)26-11-25-16/h1-10H,11H2,(H,21,23,24). The zero-order valence-electron chi connectivity index (χ0n) is 14.0. The van der Waals surface area contributed by atoms with Crippen molar-refractivity contribution in [1.82, 2.24) is 10.2 Å². The molecule has 0 radical (unpaired) electrons. The topological polar surface area (TPSA) is 86.5 Å². The summed E-state index contributed by atoms with van der Waals surface area (Å²) in [5.74, 6) is 1.25. The second-order valence-electron chi connectivity index (χ2n) is 5.96. The van der Waals surface area contributed by atoms with E-state index < -0.39 is 0 Å². The Bertz CT molecular complexity index is 1160. The molecule has 1 aliphatic rings. The number of ether oxygens (including phenoxy) is 2. The van der Waals surface area contributed by atoms with Gasteiger partial charge in [-0.15, -0.1) is 5.10 Å². The van der Waals surface area contributed by atoms with Gasteiger partial charge >= 0.3 is 6.01 Å². The summed E-state index contributed by atoms with van der Waals surface area (Å²) < 4.78 is 16.2. The molecule has 0 fully saturated rings. The zero-order valence-corrected chi connectivity index (χ0v) is 14.0. The van der Waals surface area contributed by atoms with E-state index in [0.29, 0.717) is 22.6 Å². The molecular formula is C20H13N3O4. The minimum atomic E-state index is -0.312. The molecule has 0 saturated heterocycles. The van der Waals surface area contributed by atoms with E-state index in [1.165, 1.54) is 0 Å². The summed E-state index contributed by atoms with van der Waals surface area (Å²) in [5, 5.41) is 12.4. The Hall–Kier alpha value is -3.87. The van der Waals surface area contributed by atoms with Crippen molar-refractivity contribution in [2.75, 3.05) is 12.1 Å². The van der Waals surface area contributed by atoms with E-state index in [4.69, 9.17) is 13.9 Å². The van der Waals surface area contributed by atoms with E-state index in [0.717, 1.165) is 10.8 Å². The number of hydrogen-bond acceptors (Lipinski definition) is 6. The number of nitrogens with one attached hydrogen (secondary N) is 1. The number of anilines is 1. The van der Waals surface area contributed by atoms with Gasteiger partial charge in [-0.3, -0.25) is 10.1 Å². The molecule has 0 spiro atoms. The third-order valence-electron chi connectivity index (χ3n) is 4.30. The van der Waals surface area contributed by atoms with Crippen LogP contribution in [0.2, 0.25) is 0 Å². The van der Waals surface area contributed by atoms with Gasteiger partial charge in [0.05, 0.1) is 0 Å². The monoisotopic (exact) mass is 359 g/mol. The van der Waals surface area contributed by atoms with Gasteiger partial charge in [-0.25, -0.2) is 0 Å². The third-order valence-corrected chi connectivity index (χ3v) is 4.30. The van der Waals surface area contributed by atoms with Crippen LogP contribution in [0.4, 0.5) is 6.01 Å². The van der Waals surface area contributed by atoms with Crippen molar-refractivity contribution in [3.05, 3.63) is 66.2 Å². The molecule has 2 heterocycles. The Morgan fingerprint density at radius 1 is 0.926 bits per heavy atom. The van der Waals surface area contributed by atoms with Gasteiger partial charge in [-0.1, -0.05) is 41.5 Å². The molecule has 0 saturated carbocycles. The van der Waals surface area contributed by atoms with E-state index in [1.54, 1.807) is 24.3 Å². The number of aromatic nitrogens is 2. The number of hydrogen-bond donors (Lipinski definition) is 1. The summed E-state index contributed by atoms with van der Waals surface area (Å²) in [6.45, 7) is 0.189. The number of carbonyl (C=O) groups excluding carboxylic acids is 1. The molecule has 0 aliphatic carbocycles. The Kier molecular flexibility index (Phi) is 3.50. The maximum absolute atomic E-state index is 12.7. The quantitative estimate of drug-likeness (QED) is 0.597. The maximum atomic E-state index is 12.7. The number of amides is 1. The lowest BCUT2D eigenvalue weighted by molar-refractivity contribution is 0.102. The average molecular weight is 359 g/mol. The van der Waals surface area contributed by atoms with Gasteiger partial charge in [0, 0.05) is 11.1 Å². The summed E-state index contributed by atoms with van der Waals surface area (Å²) in [5.41, 5.74) is 1.22. The van der Waals surface area contributed by atoms with Gasteiger partial charge < -0.3 is 13.9 Å². The molecule has 0 bridgehead atoms. The average Bonchev–Trinajstić information content (AvgIpc) is 3.36. The molecule has 7 heteroatoms. The van der Waals surface area contributed by atoms with Crippen LogP contribution in [0.1, 0.15) is 10.4 Å². The Morgan fingerprint density at radius 3 is 2.74 bits per heavy atom. The van der Waals surface area contributed by atoms with Crippen LogP contribution in [0.15, 0.2) is 65.1 Å². The molecular weight excluding hydrogens is 346 g/mol. The minimum Gasteiger partial charge on any atom is -0.454 e. The lowest BCUT2D eigenvalue weighted by atomic mass is 10.0. The molecule has 0 atom stereocenters. The van der Waals surface area contributed by atoms with Crippen molar-refractivity contribution in [3.8, 4) is 23.0 Å². The third kappa shape index (κ3) is 2.75. The van der Waals surface area contributed by atoms with Crippen LogP contribution in [0.3, 0.4) is 0 Å². The number of nitrogens with zero attached hydrogens (tertiary/aromatic N) is 2. The van der Waals surface area contributed by atoms with Gasteiger partial charge in [0.25, 0.3) is 5.91 Å². The Labute approximate surface area is 153 Å². The van der Waals surface area contributed by atoms with Gasteiger partial charge in [-0.2, -0.15) is 0 Å². The first-order chi connectivity index (χ1) is 13.3. The van der Waals surface area contributed by atoms with Crippen molar-refractivity contribution < 1.29 is 18.7 Å². The normalized spacial score (nSPS) is 12.3. The fourth-order valence-corrected chi connectivity index (χ4v) is 3.01. The largest absolute Gasteiger partial charge is 0.454 e.